The van der Waals surface area contributed by atoms with E-state index in [0.29, 0.717) is 11.5 Å². The second-order valence-corrected chi connectivity index (χ2v) is 6.40. The molecule has 1 unspecified atom stereocenters. The van der Waals surface area contributed by atoms with Gasteiger partial charge in [-0.05, 0) is 37.4 Å². The Morgan fingerprint density at radius 3 is 2.77 bits per heavy atom. The van der Waals surface area contributed by atoms with Crippen molar-refractivity contribution in [2.75, 3.05) is 6.54 Å². The smallest absolute Gasteiger partial charge is 0.287 e. The van der Waals surface area contributed by atoms with Crippen LogP contribution in [0.15, 0.2) is 40.8 Å². The van der Waals surface area contributed by atoms with Crippen LogP contribution in [0.5, 0.6) is 0 Å². The summed E-state index contributed by atoms with van der Waals surface area (Å²) < 4.78 is 6.50. The van der Waals surface area contributed by atoms with Crippen LogP contribution in [0.2, 0.25) is 0 Å². The first-order chi connectivity index (χ1) is 10.5. The molecular weight excluding hydrogens is 298 g/mol. The highest BCUT2D eigenvalue weighted by molar-refractivity contribution is 7.19. The van der Waals surface area contributed by atoms with Gasteiger partial charge in [-0.25, -0.2) is 0 Å². The number of amides is 1. The SMILES string of the molecule is Cc1cc(C)c(C(=O)NCC(O)c2cc3ccccc3s2)o1. The summed E-state index contributed by atoms with van der Waals surface area (Å²) in [5, 5.41) is 14.1. The van der Waals surface area contributed by atoms with Crippen LogP contribution in [0.4, 0.5) is 0 Å². The van der Waals surface area contributed by atoms with E-state index in [9.17, 15) is 9.90 Å². The number of carbonyl (C=O) groups excluding carboxylic acids is 1. The molecule has 1 aromatic carbocycles. The molecule has 22 heavy (non-hydrogen) atoms. The summed E-state index contributed by atoms with van der Waals surface area (Å²) >= 11 is 1.54. The molecule has 1 atom stereocenters. The number of thiophene rings is 1. The van der Waals surface area contributed by atoms with Crippen molar-refractivity contribution in [1.82, 2.24) is 5.32 Å². The molecule has 0 saturated carbocycles. The normalized spacial score (nSPS) is 12.5. The Balaban J connectivity index is 1.68. The van der Waals surface area contributed by atoms with Crippen molar-refractivity contribution in [3.8, 4) is 0 Å². The topological polar surface area (TPSA) is 62.5 Å². The fourth-order valence-electron chi connectivity index (χ4n) is 2.40. The van der Waals surface area contributed by atoms with Gasteiger partial charge in [0, 0.05) is 21.7 Å². The van der Waals surface area contributed by atoms with Crippen LogP contribution in [-0.4, -0.2) is 17.6 Å². The van der Waals surface area contributed by atoms with Gasteiger partial charge in [-0.2, -0.15) is 0 Å². The van der Waals surface area contributed by atoms with Gasteiger partial charge in [0.25, 0.3) is 5.91 Å². The lowest BCUT2D eigenvalue weighted by Gasteiger charge is -2.09. The Kier molecular flexibility index (Phi) is 4.00. The van der Waals surface area contributed by atoms with Crippen LogP contribution in [-0.2, 0) is 0 Å². The first-order valence-corrected chi connectivity index (χ1v) is 7.88. The number of fused-ring (bicyclic) bond motifs is 1. The number of aryl methyl sites for hydroxylation is 2. The molecule has 0 aliphatic rings. The van der Waals surface area contributed by atoms with Crippen LogP contribution >= 0.6 is 11.3 Å². The van der Waals surface area contributed by atoms with Gasteiger partial charge in [0.1, 0.15) is 11.9 Å². The number of hydrogen-bond donors (Lipinski definition) is 2. The first-order valence-electron chi connectivity index (χ1n) is 7.06. The zero-order valence-corrected chi connectivity index (χ0v) is 13.2. The van der Waals surface area contributed by atoms with Crippen molar-refractivity contribution >= 4 is 27.3 Å². The van der Waals surface area contributed by atoms with E-state index in [-0.39, 0.29) is 12.5 Å². The highest BCUT2D eigenvalue weighted by Gasteiger charge is 2.17. The number of furan rings is 1. The third-order valence-corrected chi connectivity index (χ3v) is 4.69. The Morgan fingerprint density at radius 2 is 2.09 bits per heavy atom. The average molecular weight is 315 g/mol. The Hall–Kier alpha value is -2.11. The fourth-order valence-corrected chi connectivity index (χ4v) is 3.45. The molecular formula is C17H17NO3S. The zero-order chi connectivity index (χ0) is 15.7. The highest BCUT2D eigenvalue weighted by Crippen LogP contribution is 2.29. The number of aliphatic hydroxyl groups is 1. The molecule has 4 nitrogen and oxygen atoms in total. The molecule has 0 fully saturated rings. The second-order valence-electron chi connectivity index (χ2n) is 5.28. The lowest BCUT2D eigenvalue weighted by Crippen LogP contribution is -2.28. The molecule has 1 amide bonds. The molecule has 2 heterocycles. The quantitative estimate of drug-likeness (QED) is 0.773. The van der Waals surface area contributed by atoms with Crippen molar-refractivity contribution in [3.05, 3.63) is 58.4 Å². The minimum Gasteiger partial charge on any atom is -0.456 e. The number of aliphatic hydroxyl groups excluding tert-OH is 1. The van der Waals surface area contributed by atoms with Crippen LogP contribution < -0.4 is 5.32 Å². The van der Waals surface area contributed by atoms with Gasteiger partial charge >= 0.3 is 0 Å². The average Bonchev–Trinajstić information content (AvgIpc) is 3.07. The molecule has 0 spiro atoms. The monoisotopic (exact) mass is 315 g/mol. The first kappa shape index (κ1) is 14.8. The van der Waals surface area contributed by atoms with Crippen LogP contribution in [0.3, 0.4) is 0 Å². The summed E-state index contributed by atoms with van der Waals surface area (Å²) in [6.07, 6.45) is -0.724. The van der Waals surface area contributed by atoms with E-state index in [2.05, 4.69) is 5.32 Å². The van der Waals surface area contributed by atoms with Gasteiger partial charge in [0.2, 0.25) is 0 Å². The Bertz CT molecular complexity index is 785. The molecule has 0 aliphatic carbocycles. The summed E-state index contributed by atoms with van der Waals surface area (Å²) in [6.45, 7) is 3.79. The minimum atomic E-state index is -0.724. The van der Waals surface area contributed by atoms with E-state index >= 15 is 0 Å². The van der Waals surface area contributed by atoms with Crippen LogP contribution in [0.1, 0.15) is 32.9 Å². The molecule has 3 aromatic rings. The van der Waals surface area contributed by atoms with Crippen molar-refractivity contribution in [2.24, 2.45) is 0 Å². The maximum atomic E-state index is 12.1. The summed E-state index contributed by atoms with van der Waals surface area (Å²) in [5.74, 6) is 0.708. The lowest BCUT2D eigenvalue weighted by molar-refractivity contribution is 0.0888. The van der Waals surface area contributed by atoms with E-state index in [1.54, 1.807) is 6.92 Å². The Labute approximate surface area is 132 Å². The van der Waals surface area contributed by atoms with Crippen molar-refractivity contribution in [3.63, 3.8) is 0 Å². The van der Waals surface area contributed by atoms with Gasteiger partial charge in [-0.3, -0.25) is 4.79 Å². The highest BCUT2D eigenvalue weighted by atomic mass is 32.1. The van der Waals surface area contributed by atoms with E-state index in [0.717, 1.165) is 20.5 Å². The molecule has 114 valence electrons. The lowest BCUT2D eigenvalue weighted by atomic mass is 10.2. The van der Waals surface area contributed by atoms with Crippen LogP contribution in [0.25, 0.3) is 10.1 Å². The van der Waals surface area contributed by atoms with Crippen molar-refractivity contribution < 1.29 is 14.3 Å². The van der Waals surface area contributed by atoms with E-state index in [4.69, 9.17) is 4.42 Å². The summed E-state index contributed by atoms with van der Waals surface area (Å²) in [6, 6.07) is 11.7. The predicted molar refractivity (Wildman–Crippen MR) is 87.3 cm³/mol. The molecule has 0 bridgehead atoms. The Morgan fingerprint density at radius 1 is 1.32 bits per heavy atom. The number of nitrogens with one attached hydrogen (secondary N) is 1. The van der Waals surface area contributed by atoms with E-state index in [1.165, 1.54) is 11.3 Å². The maximum absolute atomic E-state index is 12.1. The van der Waals surface area contributed by atoms with Gasteiger partial charge in [-0.1, -0.05) is 18.2 Å². The second kappa shape index (κ2) is 5.94. The van der Waals surface area contributed by atoms with Crippen molar-refractivity contribution in [2.45, 2.75) is 20.0 Å². The van der Waals surface area contributed by atoms with Gasteiger partial charge < -0.3 is 14.8 Å². The summed E-state index contributed by atoms with van der Waals surface area (Å²) in [5.41, 5.74) is 0.798. The number of carbonyl (C=O) groups is 1. The molecule has 2 N–H and O–H groups in total. The van der Waals surface area contributed by atoms with Crippen molar-refractivity contribution in [1.29, 1.82) is 0 Å². The maximum Gasteiger partial charge on any atom is 0.287 e. The zero-order valence-electron chi connectivity index (χ0n) is 12.4. The van der Waals surface area contributed by atoms with E-state index < -0.39 is 6.10 Å². The number of hydrogen-bond acceptors (Lipinski definition) is 4. The van der Waals surface area contributed by atoms with Gasteiger partial charge in [-0.15, -0.1) is 11.3 Å². The molecule has 0 aliphatic heterocycles. The number of benzene rings is 1. The third-order valence-electron chi connectivity index (χ3n) is 3.48. The third kappa shape index (κ3) is 2.91. The molecule has 5 heteroatoms. The fraction of sp³-hybridized carbons (Fsp3) is 0.235. The standard InChI is InChI=1S/C17H17NO3S/c1-10-7-11(2)21-16(10)17(20)18-9-13(19)15-8-12-5-3-4-6-14(12)22-15/h3-8,13,19H,9H2,1-2H3,(H,18,20). The molecule has 0 radical (unpaired) electrons. The summed E-state index contributed by atoms with van der Waals surface area (Å²) in [4.78, 5) is 12.9. The van der Waals surface area contributed by atoms with E-state index in [1.807, 2.05) is 43.3 Å². The van der Waals surface area contributed by atoms with Crippen LogP contribution in [0, 0.1) is 13.8 Å². The molecule has 3 rings (SSSR count). The molecule has 0 saturated heterocycles. The predicted octanol–water partition coefficient (Wildman–Crippen LogP) is 3.57. The number of rotatable bonds is 4. The minimum absolute atomic E-state index is 0.158. The largest absolute Gasteiger partial charge is 0.456 e. The molecule has 2 aromatic heterocycles. The van der Waals surface area contributed by atoms with Gasteiger partial charge in [0.05, 0.1) is 0 Å². The van der Waals surface area contributed by atoms with Gasteiger partial charge in [0.15, 0.2) is 5.76 Å². The summed E-state index contributed by atoms with van der Waals surface area (Å²) in [7, 11) is 0.